The Hall–Kier alpha value is -1.10. The van der Waals surface area contributed by atoms with Gasteiger partial charge in [-0.3, -0.25) is 9.59 Å². The molecule has 0 aromatic heterocycles. The zero-order valence-corrected chi connectivity index (χ0v) is 8.23. The predicted molar refractivity (Wildman–Crippen MR) is 48.5 cm³/mol. The number of carbonyl (C=O) groups is 2. The summed E-state index contributed by atoms with van der Waals surface area (Å²) in [4.78, 5) is 23.8. The van der Waals surface area contributed by atoms with Crippen molar-refractivity contribution >= 4 is 11.9 Å². The van der Waals surface area contributed by atoms with E-state index in [1.54, 1.807) is 11.8 Å². The number of nitrogens with zero attached hydrogens (tertiary/aromatic N) is 1. The second kappa shape index (κ2) is 4.95. The highest BCUT2D eigenvalue weighted by molar-refractivity contribution is 5.82. The van der Waals surface area contributed by atoms with Crippen LogP contribution in [0.4, 0.5) is 0 Å². The second-order valence-corrected chi connectivity index (χ2v) is 3.43. The van der Waals surface area contributed by atoms with Crippen molar-refractivity contribution in [2.24, 2.45) is 0 Å². The molecule has 0 aromatic rings. The molecule has 0 spiro atoms. The zero-order valence-electron chi connectivity index (χ0n) is 8.23. The summed E-state index contributed by atoms with van der Waals surface area (Å²) < 4.78 is 4.66. The molecule has 1 rings (SSSR count). The summed E-state index contributed by atoms with van der Waals surface area (Å²) in [5.41, 5.74) is 0. The fourth-order valence-corrected chi connectivity index (χ4v) is 1.24. The van der Waals surface area contributed by atoms with E-state index in [4.69, 9.17) is 5.11 Å². The molecule has 1 heterocycles. The van der Waals surface area contributed by atoms with Gasteiger partial charge in [0.2, 0.25) is 0 Å². The van der Waals surface area contributed by atoms with Gasteiger partial charge in [0.25, 0.3) is 5.91 Å². The number of aliphatic hydroxyl groups excluding tert-OH is 1. The summed E-state index contributed by atoms with van der Waals surface area (Å²) in [5.74, 6) is -0.519. The molecule has 0 aliphatic carbocycles. The van der Waals surface area contributed by atoms with Crippen molar-refractivity contribution in [1.82, 2.24) is 4.90 Å². The average molecular weight is 201 g/mol. The maximum atomic E-state index is 11.3. The van der Waals surface area contributed by atoms with Crippen molar-refractivity contribution in [3.8, 4) is 0 Å². The Kier molecular flexibility index (Phi) is 3.88. The fraction of sp³-hybridized carbons (Fsp3) is 0.778. The number of hydrogen-bond acceptors (Lipinski definition) is 4. The Balaban J connectivity index is 2.42. The highest BCUT2D eigenvalue weighted by atomic mass is 16.5. The number of aliphatic hydroxyl groups is 1. The van der Waals surface area contributed by atoms with E-state index in [2.05, 4.69) is 4.74 Å². The number of hydrogen-bond donors (Lipinski definition) is 1. The monoisotopic (exact) mass is 201 g/mol. The summed E-state index contributed by atoms with van der Waals surface area (Å²) in [7, 11) is 0. The molecule has 1 fully saturated rings. The van der Waals surface area contributed by atoms with Crippen LogP contribution in [0.1, 0.15) is 19.8 Å². The van der Waals surface area contributed by atoms with Crippen LogP contribution in [0.3, 0.4) is 0 Å². The van der Waals surface area contributed by atoms with Crippen LogP contribution in [0, 0.1) is 0 Å². The topological polar surface area (TPSA) is 66.8 Å². The number of carbonyl (C=O) groups excluding carboxylic acids is 2. The Morgan fingerprint density at radius 1 is 1.57 bits per heavy atom. The van der Waals surface area contributed by atoms with Gasteiger partial charge in [-0.2, -0.15) is 0 Å². The summed E-state index contributed by atoms with van der Waals surface area (Å²) >= 11 is 0. The van der Waals surface area contributed by atoms with E-state index in [1.165, 1.54) is 0 Å². The van der Waals surface area contributed by atoms with Gasteiger partial charge >= 0.3 is 5.97 Å². The van der Waals surface area contributed by atoms with Gasteiger partial charge in [0.05, 0.1) is 12.5 Å². The number of esters is 1. The molecule has 5 nitrogen and oxygen atoms in total. The van der Waals surface area contributed by atoms with E-state index in [9.17, 15) is 9.59 Å². The lowest BCUT2D eigenvalue weighted by Gasteiger charge is -2.19. The first-order chi connectivity index (χ1) is 6.59. The van der Waals surface area contributed by atoms with Gasteiger partial charge in [-0.1, -0.05) is 0 Å². The largest absolute Gasteiger partial charge is 0.456 e. The Morgan fingerprint density at radius 3 is 2.93 bits per heavy atom. The van der Waals surface area contributed by atoms with E-state index in [-0.39, 0.29) is 24.9 Å². The first-order valence-corrected chi connectivity index (χ1v) is 4.71. The third-order valence-electron chi connectivity index (χ3n) is 2.11. The van der Waals surface area contributed by atoms with Crippen molar-refractivity contribution in [2.75, 3.05) is 19.7 Å². The summed E-state index contributed by atoms with van der Waals surface area (Å²) in [6.45, 7) is 2.38. The fourth-order valence-electron chi connectivity index (χ4n) is 1.24. The Morgan fingerprint density at radius 2 is 2.29 bits per heavy atom. The molecule has 1 atom stereocenters. The lowest BCUT2D eigenvalue weighted by Crippen LogP contribution is -2.34. The molecule has 1 aliphatic rings. The molecule has 1 aliphatic heterocycles. The summed E-state index contributed by atoms with van der Waals surface area (Å²) in [6.07, 6.45) is 0.341. The molecule has 0 radical (unpaired) electrons. The molecule has 1 N–H and O–H groups in total. The Bertz CT molecular complexity index is 227. The number of ether oxygens (including phenoxy) is 1. The summed E-state index contributed by atoms with van der Waals surface area (Å²) in [6, 6.07) is 0. The summed E-state index contributed by atoms with van der Waals surface area (Å²) in [5, 5.41) is 9.06. The first-order valence-electron chi connectivity index (χ1n) is 4.71. The minimum Gasteiger partial charge on any atom is -0.456 e. The lowest BCUT2D eigenvalue weighted by atomic mass is 10.2. The maximum absolute atomic E-state index is 11.3. The minimum atomic E-state index is -0.428. The molecule has 14 heavy (non-hydrogen) atoms. The molecular formula is C9H15NO4. The van der Waals surface area contributed by atoms with Crippen LogP contribution in [0.15, 0.2) is 0 Å². The van der Waals surface area contributed by atoms with Crippen LogP contribution in [-0.2, 0) is 14.3 Å². The first kappa shape index (κ1) is 11.0. The van der Waals surface area contributed by atoms with Crippen LogP contribution in [-0.4, -0.2) is 47.7 Å². The smallest absolute Gasteiger partial charge is 0.308 e. The number of cyclic esters (lactones) is 1. The van der Waals surface area contributed by atoms with Crippen LogP contribution < -0.4 is 0 Å². The SMILES string of the molecule is CC(O)CCN1CCC(=O)OCC1=O. The normalized spacial score (nSPS) is 20.3. The minimum absolute atomic E-state index is 0.168. The molecule has 0 saturated carbocycles. The zero-order chi connectivity index (χ0) is 10.6. The quantitative estimate of drug-likeness (QED) is 0.627. The lowest BCUT2D eigenvalue weighted by molar-refractivity contribution is -0.147. The molecule has 1 amide bonds. The predicted octanol–water partition coefficient (Wildman–Crippen LogP) is -0.467. The van der Waals surface area contributed by atoms with Gasteiger partial charge < -0.3 is 14.7 Å². The molecule has 0 bridgehead atoms. The Labute approximate surface area is 82.6 Å². The van der Waals surface area contributed by atoms with E-state index < -0.39 is 6.10 Å². The van der Waals surface area contributed by atoms with Gasteiger partial charge in [0, 0.05) is 13.1 Å². The molecule has 1 unspecified atom stereocenters. The van der Waals surface area contributed by atoms with Crippen molar-refractivity contribution in [3.63, 3.8) is 0 Å². The van der Waals surface area contributed by atoms with E-state index in [0.29, 0.717) is 19.5 Å². The molecular weight excluding hydrogens is 186 g/mol. The molecule has 1 saturated heterocycles. The van der Waals surface area contributed by atoms with Crippen molar-refractivity contribution in [1.29, 1.82) is 0 Å². The van der Waals surface area contributed by atoms with Gasteiger partial charge in [0.15, 0.2) is 6.61 Å². The second-order valence-electron chi connectivity index (χ2n) is 3.43. The van der Waals surface area contributed by atoms with Crippen molar-refractivity contribution < 1.29 is 19.4 Å². The third-order valence-corrected chi connectivity index (χ3v) is 2.11. The third kappa shape index (κ3) is 3.33. The molecule has 80 valence electrons. The number of amides is 1. The van der Waals surface area contributed by atoms with E-state index >= 15 is 0 Å². The van der Waals surface area contributed by atoms with Gasteiger partial charge in [0.1, 0.15) is 0 Å². The van der Waals surface area contributed by atoms with Crippen molar-refractivity contribution in [2.45, 2.75) is 25.9 Å². The van der Waals surface area contributed by atoms with Crippen LogP contribution in [0.25, 0.3) is 0 Å². The van der Waals surface area contributed by atoms with Gasteiger partial charge in [-0.25, -0.2) is 0 Å². The van der Waals surface area contributed by atoms with Gasteiger partial charge in [-0.15, -0.1) is 0 Å². The van der Waals surface area contributed by atoms with Crippen molar-refractivity contribution in [3.05, 3.63) is 0 Å². The molecule has 0 aromatic carbocycles. The molecule has 5 heteroatoms. The average Bonchev–Trinajstić information content (AvgIpc) is 2.27. The standard InChI is InChI=1S/C9H15NO4/c1-7(11)2-4-10-5-3-9(13)14-6-8(10)12/h7,11H,2-6H2,1H3. The van der Waals surface area contributed by atoms with E-state index in [0.717, 1.165) is 0 Å². The van der Waals surface area contributed by atoms with Gasteiger partial charge in [-0.05, 0) is 13.3 Å². The highest BCUT2D eigenvalue weighted by Gasteiger charge is 2.21. The highest BCUT2D eigenvalue weighted by Crippen LogP contribution is 2.04. The maximum Gasteiger partial charge on any atom is 0.308 e. The van der Waals surface area contributed by atoms with Crippen LogP contribution in [0.2, 0.25) is 0 Å². The van der Waals surface area contributed by atoms with E-state index in [1.807, 2.05) is 0 Å². The number of rotatable bonds is 3. The van der Waals surface area contributed by atoms with Crippen LogP contribution in [0.5, 0.6) is 0 Å². The van der Waals surface area contributed by atoms with Crippen LogP contribution >= 0.6 is 0 Å².